The van der Waals surface area contributed by atoms with Crippen LogP contribution in [0.5, 0.6) is 17.2 Å². The van der Waals surface area contributed by atoms with Crippen LogP contribution in [0.3, 0.4) is 0 Å². The number of nitro benzene ring substituents is 1. The molecular formula is C21H27N3O6. The number of hydrogen-bond acceptors (Lipinski definition) is 7. The van der Waals surface area contributed by atoms with Crippen LogP contribution >= 0.6 is 0 Å². The molecule has 0 heterocycles. The molecule has 2 rings (SSSR count). The molecule has 0 saturated carbocycles. The molecule has 30 heavy (non-hydrogen) atoms. The molecule has 1 N–H and O–H groups in total. The van der Waals surface area contributed by atoms with Gasteiger partial charge in [0.1, 0.15) is 5.75 Å². The zero-order valence-electron chi connectivity index (χ0n) is 17.6. The van der Waals surface area contributed by atoms with Crippen LogP contribution in [0.1, 0.15) is 12.0 Å². The highest BCUT2D eigenvalue weighted by atomic mass is 16.6. The number of hydrogen-bond donors (Lipinski definition) is 1. The van der Waals surface area contributed by atoms with E-state index in [-0.39, 0.29) is 23.7 Å². The summed E-state index contributed by atoms with van der Waals surface area (Å²) in [5.41, 5.74) is 1.27. The molecule has 0 radical (unpaired) electrons. The number of ether oxygens (including phenoxy) is 3. The molecule has 0 fully saturated rings. The number of rotatable bonds is 11. The summed E-state index contributed by atoms with van der Waals surface area (Å²) in [7, 11) is 6.57. The van der Waals surface area contributed by atoms with Crippen LogP contribution in [0, 0.1) is 10.1 Å². The van der Waals surface area contributed by atoms with E-state index in [1.54, 1.807) is 14.2 Å². The van der Waals surface area contributed by atoms with Crippen LogP contribution in [-0.4, -0.2) is 57.2 Å². The molecule has 0 saturated heterocycles. The number of likely N-dealkylation sites (N-methyl/N-ethyl adjacent to an activating group) is 1. The lowest BCUT2D eigenvalue weighted by Gasteiger charge is -2.17. The Hall–Kier alpha value is -3.33. The molecule has 0 bridgehead atoms. The summed E-state index contributed by atoms with van der Waals surface area (Å²) < 4.78 is 15.7. The van der Waals surface area contributed by atoms with E-state index in [4.69, 9.17) is 14.2 Å². The quantitative estimate of drug-likeness (QED) is 0.442. The second-order valence-corrected chi connectivity index (χ2v) is 6.68. The van der Waals surface area contributed by atoms with Crippen molar-refractivity contribution in [2.24, 2.45) is 0 Å². The van der Waals surface area contributed by atoms with Crippen molar-refractivity contribution in [1.82, 2.24) is 4.90 Å². The van der Waals surface area contributed by atoms with Gasteiger partial charge in [-0.25, -0.2) is 0 Å². The maximum Gasteiger partial charge on any atom is 0.271 e. The van der Waals surface area contributed by atoms with Crippen LogP contribution < -0.4 is 19.5 Å². The molecule has 9 nitrogen and oxygen atoms in total. The normalized spacial score (nSPS) is 10.6. The fourth-order valence-electron chi connectivity index (χ4n) is 2.88. The van der Waals surface area contributed by atoms with E-state index >= 15 is 0 Å². The number of methoxy groups -OCH3 is 3. The minimum absolute atomic E-state index is 0.113. The van der Waals surface area contributed by atoms with E-state index in [2.05, 4.69) is 5.32 Å². The molecule has 2 aromatic rings. The van der Waals surface area contributed by atoms with E-state index in [0.717, 1.165) is 18.5 Å². The van der Waals surface area contributed by atoms with Gasteiger partial charge in [-0.2, -0.15) is 0 Å². The van der Waals surface area contributed by atoms with E-state index in [1.807, 2.05) is 30.1 Å². The van der Waals surface area contributed by atoms with Gasteiger partial charge in [-0.3, -0.25) is 14.9 Å². The number of nitro groups is 1. The molecule has 0 spiro atoms. The molecule has 0 atom stereocenters. The zero-order chi connectivity index (χ0) is 22.1. The lowest BCUT2D eigenvalue weighted by molar-refractivity contribution is -0.384. The maximum atomic E-state index is 12.3. The number of nitrogens with zero attached hydrogens (tertiary/aromatic N) is 2. The van der Waals surface area contributed by atoms with Crippen molar-refractivity contribution in [3.63, 3.8) is 0 Å². The lowest BCUT2D eigenvalue weighted by atomic mass is 10.1. The molecule has 1 amide bonds. The Morgan fingerprint density at radius 1 is 1.00 bits per heavy atom. The average Bonchev–Trinajstić information content (AvgIpc) is 2.75. The van der Waals surface area contributed by atoms with Gasteiger partial charge in [0.05, 0.1) is 31.9 Å². The summed E-state index contributed by atoms with van der Waals surface area (Å²) in [6.45, 7) is 1.29. The number of nitrogens with one attached hydrogen (secondary N) is 1. The summed E-state index contributed by atoms with van der Waals surface area (Å²) in [6.07, 6.45) is 1.03. The molecule has 0 aliphatic rings. The fourth-order valence-corrected chi connectivity index (χ4v) is 2.88. The van der Waals surface area contributed by atoms with Gasteiger partial charge in [-0.1, -0.05) is 6.07 Å². The van der Waals surface area contributed by atoms with Crippen LogP contribution in [-0.2, 0) is 11.2 Å². The number of anilines is 1. The fraction of sp³-hybridized carbons (Fsp3) is 0.381. The molecule has 2 aromatic carbocycles. The Labute approximate surface area is 175 Å². The van der Waals surface area contributed by atoms with Crippen LogP contribution in [0.4, 0.5) is 11.4 Å². The minimum Gasteiger partial charge on any atom is -0.495 e. The first kappa shape index (κ1) is 23.0. The van der Waals surface area contributed by atoms with Crippen molar-refractivity contribution in [3.8, 4) is 17.2 Å². The standard InChI is InChI=1S/C21H27N3O6/c1-23(11-9-15-5-7-19(29-3)20(13-15)30-4)12-10-21(25)22-17-14-16(24(26)27)6-8-18(17)28-2/h5-8,13-14H,9-12H2,1-4H3,(H,22,25). The Kier molecular flexibility index (Phi) is 8.42. The van der Waals surface area contributed by atoms with Gasteiger partial charge in [-0.05, 0) is 37.2 Å². The van der Waals surface area contributed by atoms with E-state index in [9.17, 15) is 14.9 Å². The first-order valence-electron chi connectivity index (χ1n) is 9.39. The predicted molar refractivity (Wildman–Crippen MR) is 114 cm³/mol. The van der Waals surface area contributed by atoms with E-state index in [1.165, 1.54) is 25.3 Å². The summed E-state index contributed by atoms with van der Waals surface area (Å²) in [4.78, 5) is 24.8. The Morgan fingerprint density at radius 3 is 2.30 bits per heavy atom. The van der Waals surface area contributed by atoms with Gasteiger partial charge < -0.3 is 24.4 Å². The third kappa shape index (κ3) is 6.35. The molecule has 0 unspecified atom stereocenters. The van der Waals surface area contributed by atoms with Crippen molar-refractivity contribution < 1.29 is 23.9 Å². The highest BCUT2D eigenvalue weighted by Gasteiger charge is 2.14. The summed E-state index contributed by atoms with van der Waals surface area (Å²) in [6, 6.07) is 9.87. The minimum atomic E-state index is -0.517. The van der Waals surface area contributed by atoms with Gasteiger partial charge in [0.25, 0.3) is 5.69 Å². The summed E-state index contributed by atoms with van der Waals surface area (Å²) in [5.74, 6) is 1.49. The highest BCUT2D eigenvalue weighted by Crippen LogP contribution is 2.29. The Balaban J connectivity index is 1.86. The number of benzene rings is 2. The molecule has 0 aliphatic heterocycles. The lowest BCUT2D eigenvalue weighted by Crippen LogP contribution is -2.26. The number of carbonyl (C=O) groups excluding carboxylic acids is 1. The van der Waals surface area contributed by atoms with Crippen molar-refractivity contribution in [2.45, 2.75) is 12.8 Å². The van der Waals surface area contributed by atoms with Crippen molar-refractivity contribution in [1.29, 1.82) is 0 Å². The molecule has 162 valence electrons. The third-order valence-corrected chi connectivity index (χ3v) is 4.62. The summed E-state index contributed by atoms with van der Waals surface area (Å²) >= 11 is 0. The van der Waals surface area contributed by atoms with Crippen molar-refractivity contribution in [3.05, 3.63) is 52.1 Å². The number of amides is 1. The molecule has 0 aliphatic carbocycles. The van der Waals surface area contributed by atoms with Gasteiger partial charge >= 0.3 is 0 Å². The van der Waals surface area contributed by atoms with Gasteiger partial charge in [0.15, 0.2) is 11.5 Å². The van der Waals surface area contributed by atoms with Gasteiger partial charge in [0, 0.05) is 31.6 Å². The Bertz CT molecular complexity index is 887. The van der Waals surface area contributed by atoms with Gasteiger partial charge in [0.2, 0.25) is 5.91 Å². The topological polar surface area (TPSA) is 103 Å². The second kappa shape index (κ2) is 11.0. The third-order valence-electron chi connectivity index (χ3n) is 4.62. The van der Waals surface area contributed by atoms with Crippen LogP contribution in [0.15, 0.2) is 36.4 Å². The highest BCUT2D eigenvalue weighted by molar-refractivity contribution is 5.92. The monoisotopic (exact) mass is 417 g/mol. The van der Waals surface area contributed by atoms with Crippen molar-refractivity contribution in [2.75, 3.05) is 46.8 Å². The first-order chi connectivity index (χ1) is 14.4. The molecular weight excluding hydrogens is 390 g/mol. The van der Waals surface area contributed by atoms with E-state index in [0.29, 0.717) is 23.8 Å². The SMILES string of the molecule is COc1ccc([N+](=O)[O-])cc1NC(=O)CCN(C)CCc1ccc(OC)c(OC)c1. The van der Waals surface area contributed by atoms with Crippen molar-refractivity contribution >= 4 is 17.3 Å². The smallest absolute Gasteiger partial charge is 0.271 e. The molecule has 0 aromatic heterocycles. The predicted octanol–water partition coefficient (Wildman–Crippen LogP) is 3.12. The first-order valence-corrected chi connectivity index (χ1v) is 9.39. The molecule has 9 heteroatoms. The largest absolute Gasteiger partial charge is 0.495 e. The maximum absolute atomic E-state index is 12.3. The number of non-ortho nitro benzene ring substituents is 1. The second-order valence-electron chi connectivity index (χ2n) is 6.68. The van der Waals surface area contributed by atoms with Crippen LogP contribution in [0.25, 0.3) is 0 Å². The van der Waals surface area contributed by atoms with Gasteiger partial charge in [-0.15, -0.1) is 0 Å². The number of carbonyl (C=O) groups is 1. The zero-order valence-corrected chi connectivity index (χ0v) is 17.6. The van der Waals surface area contributed by atoms with E-state index < -0.39 is 4.92 Å². The summed E-state index contributed by atoms with van der Waals surface area (Å²) in [5, 5.41) is 13.6. The average molecular weight is 417 g/mol. The van der Waals surface area contributed by atoms with Crippen LogP contribution in [0.2, 0.25) is 0 Å². The Morgan fingerprint density at radius 2 is 1.67 bits per heavy atom.